The van der Waals surface area contributed by atoms with Crippen LogP contribution < -0.4 is 10.1 Å². The first kappa shape index (κ1) is 19.9. The van der Waals surface area contributed by atoms with E-state index in [9.17, 15) is 4.79 Å². The van der Waals surface area contributed by atoms with E-state index in [0.29, 0.717) is 18.0 Å². The number of aromatic nitrogens is 1. The summed E-state index contributed by atoms with van der Waals surface area (Å²) < 4.78 is 5.16. The maximum absolute atomic E-state index is 12.3. The van der Waals surface area contributed by atoms with Crippen LogP contribution in [0.2, 0.25) is 0 Å². The van der Waals surface area contributed by atoms with Gasteiger partial charge in [-0.15, -0.1) is 11.3 Å². The molecule has 1 heterocycles. The minimum atomic E-state index is -0.0360. The molecule has 0 aliphatic carbocycles. The summed E-state index contributed by atoms with van der Waals surface area (Å²) in [6, 6.07) is 26.4. The van der Waals surface area contributed by atoms with Gasteiger partial charge in [0.25, 0.3) is 0 Å². The van der Waals surface area contributed by atoms with Crippen LogP contribution in [0, 0.1) is 0 Å². The van der Waals surface area contributed by atoms with Crippen LogP contribution in [-0.4, -0.2) is 18.0 Å². The van der Waals surface area contributed by atoms with E-state index < -0.39 is 0 Å². The first-order valence-corrected chi connectivity index (χ1v) is 10.6. The number of benzene rings is 3. The lowest BCUT2D eigenvalue weighted by Crippen LogP contribution is -2.12. The Bertz CT molecular complexity index is 1100. The average molecular weight is 415 g/mol. The van der Waals surface area contributed by atoms with Crippen molar-refractivity contribution in [2.45, 2.75) is 12.8 Å². The van der Waals surface area contributed by atoms with Gasteiger partial charge in [0.15, 0.2) is 5.13 Å². The van der Waals surface area contributed by atoms with Crippen LogP contribution in [0.15, 0.2) is 84.2 Å². The Labute approximate surface area is 180 Å². The molecule has 0 bridgehead atoms. The van der Waals surface area contributed by atoms with Gasteiger partial charge in [0.1, 0.15) is 5.75 Å². The molecular weight excluding hydrogens is 392 g/mol. The zero-order valence-electron chi connectivity index (χ0n) is 16.7. The number of aryl methyl sites for hydroxylation is 1. The molecule has 4 nitrogen and oxygen atoms in total. The van der Waals surface area contributed by atoms with Crippen molar-refractivity contribution in [1.82, 2.24) is 4.98 Å². The van der Waals surface area contributed by atoms with E-state index >= 15 is 0 Å². The number of methoxy groups -OCH3 is 1. The second kappa shape index (κ2) is 9.37. The SMILES string of the molecule is COc1ccc(CCC(=O)Nc2nc(-c3ccc(-c4ccccc4)cc3)cs2)cc1. The van der Waals surface area contributed by atoms with Gasteiger partial charge in [-0.3, -0.25) is 4.79 Å². The molecule has 0 aliphatic rings. The molecule has 3 aromatic carbocycles. The van der Waals surface area contributed by atoms with Gasteiger partial charge in [0.05, 0.1) is 12.8 Å². The molecule has 0 aliphatic heterocycles. The molecule has 0 radical (unpaired) electrons. The Balaban J connectivity index is 1.34. The number of amides is 1. The van der Waals surface area contributed by atoms with Gasteiger partial charge in [0.2, 0.25) is 5.91 Å². The Morgan fingerprint density at radius 3 is 2.27 bits per heavy atom. The molecule has 0 spiro atoms. The Kier molecular flexibility index (Phi) is 6.20. The van der Waals surface area contributed by atoms with Crippen LogP contribution in [-0.2, 0) is 11.2 Å². The summed E-state index contributed by atoms with van der Waals surface area (Å²) in [6.45, 7) is 0. The minimum absolute atomic E-state index is 0.0360. The van der Waals surface area contributed by atoms with Crippen molar-refractivity contribution >= 4 is 22.4 Å². The van der Waals surface area contributed by atoms with Crippen molar-refractivity contribution in [3.05, 3.63) is 89.8 Å². The minimum Gasteiger partial charge on any atom is -0.497 e. The molecule has 5 heteroatoms. The number of ether oxygens (including phenoxy) is 1. The predicted octanol–water partition coefficient (Wildman–Crippen LogP) is 6.06. The fourth-order valence-corrected chi connectivity index (χ4v) is 3.90. The van der Waals surface area contributed by atoms with Crippen LogP contribution in [0.4, 0.5) is 5.13 Å². The van der Waals surface area contributed by atoms with Gasteiger partial charge in [-0.25, -0.2) is 4.98 Å². The average Bonchev–Trinajstić information content (AvgIpc) is 3.27. The number of thiazole rings is 1. The van der Waals surface area contributed by atoms with Crippen LogP contribution in [0.3, 0.4) is 0 Å². The normalized spacial score (nSPS) is 10.6. The maximum atomic E-state index is 12.3. The van der Waals surface area contributed by atoms with E-state index in [1.807, 2.05) is 47.8 Å². The monoisotopic (exact) mass is 414 g/mol. The highest BCUT2D eigenvalue weighted by Gasteiger charge is 2.09. The topological polar surface area (TPSA) is 51.2 Å². The molecule has 0 atom stereocenters. The second-order valence-electron chi connectivity index (χ2n) is 6.88. The van der Waals surface area contributed by atoms with Crippen molar-refractivity contribution < 1.29 is 9.53 Å². The predicted molar refractivity (Wildman–Crippen MR) is 123 cm³/mol. The lowest BCUT2D eigenvalue weighted by Gasteiger charge is -2.04. The smallest absolute Gasteiger partial charge is 0.226 e. The summed E-state index contributed by atoms with van der Waals surface area (Å²) in [5, 5.41) is 5.50. The number of nitrogens with zero attached hydrogens (tertiary/aromatic N) is 1. The maximum Gasteiger partial charge on any atom is 0.226 e. The highest BCUT2D eigenvalue weighted by Crippen LogP contribution is 2.27. The third-order valence-corrected chi connectivity index (χ3v) is 5.60. The zero-order chi connectivity index (χ0) is 20.8. The van der Waals surface area contributed by atoms with E-state index in [4.69, 9.17) is 4.74 Å². The number of hydrogen-bond donors (Lipinski definition) is 1. The van der Waals surface area contributed by atoms with Crippen LogP contribution in [0.1, 0.15) is 12.0 Å². The Morgan fingerprint density at radius 2 is 1.57 bits per heavy atom. The second-order valence-corrected chi connectivity index (χ2v) is 7.74. The fraction of sp³-hybridized carbons (Fsp3) is 0.120. The number of carbonyl (C=O) groups excluding carboxylic acids is 1. The molecule has 150 valence electrons. The highest BCUT2D eigenvalue weighted by molar-refractivity contribution is 7.14. The quantitative estimate of drug-likeness (QED) is 0.400. The van der Waals surface area contributed by atoms with E-state index in [-0.39, 0.29) is 5.91 Å². The van der Waals surface area contributed by atoms with Crippen molar-refractivity contribution in [3.63, 3.8) is 0 Å². The number of nitrogens with one attached hydrogen (secondary N) is 1. The summed E-state index contributed by atoms with van der Waals surface area (Å²) in [4.78, 5) is 16.9. The van der Waals surface area contributed by atoms with E-state index in [0.717, 1.165) is 22.6 Å². The number of carbonyl (C=O) groups is 1. The van der Waals surface area contributed by atoms with Gasteiger partial charge in [-0.05, 0) is 35.2 Å². The van der Waals surface area contributed by atoms with Gasteiger partial charge in [0, 0.05) is 17.4 Å². The third kappa shape index (κ3) is 4.93. The van der Waals surface area contributed by atoms with Gasteiger partial charge in [-0.1, -0.05) is 66.7 Å². The summed E-state index contributed by atoms with van der Waals surface area (Å²) in [6.07, 6.45) is 1.09. The third-order valence-electron chi connectivity index (χ3n) is 4.84. The molecule has 0 fully saturated rings. The summed E-state index contributed by atoms with van der Waals surface area (Å²) >= 11 is 1.44. The Hall–Kier alpha value is -3.44. The van der Waals surface area contributed by atoms with Crippen molar-refractivity contribution in [3.8, 4) is 28.1 Å². The number of hydrogen-bond acceptors (Lipinski definition) is 4. The molecule has 1 amide bonds. The molecular formula is C25H22N2O2S. The standard InChI is InChI=1S/C25H22N2O2S/c1-29-22-14-7-18(8-15-22)9-16-24(28)27-25-26-23(17-30-25)21-12-10-20(11-13-21)19-5-3-2-4-6-19/h2-8,10-15,17H,9,16H2,1H3,(H,26,27,28). The fourth-order valence-electron chi connectivity index (χ4n) is 3.16. The first-order chi connectivity index (χ1) is 14.7. The largest absolute Gasteiger partial charge is 0.497 e. The number of anilines is 1. The summed E-state index contributed by atoms with van der Waals surface area (Å²) in [7, 11) is 1.64. The molecule has 30 heavy (non-hydrogen) atoms. The first-order valence-electron chi connectivity index (χ1n) is 9.75. The lowest BCUT2D eigenvalue weighted by molar-refractivity contribution is -0.116. The molecule has 4 rings (SSSR count). The van der Waals surface area contributed by atoms with Crippen LogP contribution in [0.25, 0.3) is 22.4 Å². The van der Waals surface area contributed by atoms with E-state index in [1.54, 1.807) is 7.11 Å². The zero-order valence-corrected chi connectivity index (χ0v) is 17.5. The van der Waals surface area contributed by atoms with E-state index in [1.165, 1.54) is 22.5 Å². The van der Waals surface area contributed by atoms with Gasteiger partial charge < -0.3 is 10.1 Å². The van der Waals surface area contributed by atoms with Crippen molar-refractivity contribution in [1.29, 1.82) is 0 Å². The number of rotatable bonds is 7. The van der Waals surface area contributed by atoms with Crippen molar-refractivity contribution in [2.24, 2.45) is 0 Å². The van der Waals surface area contributed by atoms with Crippen LogP contribution >= 0.6 is 11.3 Å². The van der Waals surface area contributed by atoms with E-state index in [2.05, 4.69) is 46.7 Å². The van der Waals surface area contributed by atoms with Gasteiger partial charge >= 0.3 is 0 Å². The molecule has 0 saturated carbocycles. The Morgan fingerprint density at radius 1 is 0.900 bits per heavy atom. The van der Waals surface area contributed by atoms with Crippen molar-refractivity contribution in [2.75, 3.05) is 12.4 Å². The summed E-state index contributed by atoms with van der Waals surface area (Å²) in [5.74, 6) is 0.779. The van der Waals surface area contributed by atoms with Crippen LogP contribution in [0.5, 0.6) is 5.75 Å². The highest BCUT2D eigenvalue weighted by atomic mass is 32.1. The van der Waals surface area contributed by atoms with Gasteiger partial charge in [-0.2, -0.15) is 0 Å². The molecule has 1 aromatic heterocycles. The molecule has 0 unspecified atom stereocenters. The molecule has 1 N–H and O–H groups in total. The molecule has 0 saturated heterocycles. The lowest BCUT2D eigenvalue weighted by atomic mass is 10.0. The molecule has 4 aromatic rings. The summed E-state index contributed by atoms with van der Waals surface area (Å²) in [5.41, 5.74) is 5.35.